The van der Waals surface area contributed by atoms with Crippen molar-refractivity contribution in [2.75, 3.05) is 0 Å². The van der Waals surface area contributed by atoms with Gasteiger partial charge in [0.15, 0.2) is 0 Å². The molecule has 0 saturated heterocycles. The summed E-state index contributed by atoms with van der Waals surface area (Å²) in [6.07, 6.45) is 3.05. The van der Waals surface area contributed by atoms with Crippen LogP contribution in [-0.2, 0) is 6.42 Å². The molecular formula is C15H13N3S. The minimum absolute atomic E-state index is 0.675. The van der Waals surface area contributed by atoms with Crippen LogP contribution < -0.4 is 0 Å². The van der Waals surface area contributed by atoms with Gasteiger partial charge in [-0.25, -0.2) is 4.98 Å². The normalized spacial score (nSPS) is 10.8. The molecule has 0 radical (unpaired) electrons. The van der Waals surface area contributed by atoms with E-state index in [0.717, 1.165) is 23.5 Å². The fraction of sp³-hybridized carbons (Fsp3) is 0.200. The smallest absolute Gasteiger partial charge is 0.145 e. The van der Waals surface area contributed by atoms with Gasteiger partial charge in [0.25, 0.3) is 0 Å². The number of nitrogens with zero attached hydrogens (tertiary/aromatic N) is 3. The standard InChI is InChI=1S/C15H13N3S/c1-3-13-15-18(9-10(2)19-15)14(17-13)12-6-4-11(8-16)5-7-12/h4-7,9H,3H2,1-2H3. The molecule has 0 atom stereocenters. The molecule has 0 aliphatic rings. The molecule has 0 spiro atoms. The number of aromatic nitrogens is 2. The Morgan fingerprint density at radius 2 is 2.05 bits per heavy atom. The summed E-state index contributed by atoms with van der Waals surface area (Å²) in [6.45, 7) is 4.24. The maximum Gasteiger partial charge on any atom is 0.145 e. The van der Waals surface area contributed by atoms with Gasteiger partial charge >= 0.3 is 0 Å². The predicted molar refractivity (Wildman–Crippen MR) is 77.3 cm³/mol. The molecule has 0 unspecified atom stereocenters. The van der Waals surface area contributed by atoms with Crippen LogP contribution in [0.4, 0.5) is 0 Å². The summed E-state index contributed by atoms with van der Waals surface area (Å²) < 4.78 is 2.15. The van der Waals surface area contributed by atoms with E-state index in [2.05, 4.69) is 30.5 Å². The molecule has 3 aromatic rings. The molecule has 0 saturated carbocycles. The molecule has 0 aliphatic carbocycles. The van der Waals surface area contributed by atoms with Crippen LogP contribution in [0, 0.1) is 18.3 Å². The zero-order valence-corrected chi connectivity index (χ0v) is 11.7. The van der Waals surface area contributed by atoms with Crippen molar-refractivity contribution in [3.05, 3.63) is 46.6 Å². The Kier molecular flexibility index (Phi) is 2.84. The van der Waals surface area contributed by atoms with Crippen molar-refractivity contribution in [1.82, 2.24) is 9.38 Å². The van der Waals surface area contributed by atoms with Crippen molar-refractivity contribution in [2.24, 2.45) is 0 Å². The highest BCUT2D eigenvalue weighted by molar-refractivity contribution is 7.17. The highest BCUT2D eigenvalue weighted by atomic mass is 32.1. The molecule has 4 heteroatoms. The van der Waals surface area contributed by atoms with Crippen LogP contribution in [0.1, 0.15) is 23.1 Å². The van der Waals surface area contributed by atoms with E-state index in [9.17, 15) is 0 Å². The number of benzene rings is 1. The minimum Gasteiger partial charge on any atom is -0.290 e. The molecule has 2 aromatic heterocycles. The van der Waals surface area contributed by atoms with Crippen molar-refractivity contribution >= 4 is 16.2 Å². The first-order valence-electron chi connectivity index (χ1n) is 6.21. The lowest BCUT2D eigenvalue weighted by atomic mass is 10.1. The summed E-state index contributed by atoms with van der Waals surface area (Å²) in [6, 6.07) is 9.72. The molecule has 0 fully saturated rings. The van der Waals surface area contributed by atoms with Gasteiger partial charge in [0.2, 0.25) is 0 Å². The summed E-state index contributed by atoms with van der Waals surface area (Å²) in [5.41, 5.74) is 2.86. The molecular weight excluding hydrogens is 254 g/mol. The van der Waals surface area contributed by atoms with Crippen LogP contribution in [0.3, 0.4) is 0 Å². The molecule has 94 valence electrons. The quantitative estimate of drug-likeness (QED) is 0.708. The Hall–Kier alpha value is -2.12. The van der Waals surface area contributed by atoms with E-state index in [-0.39, 0.29) is 0 Å². The molecule has 19 heavy (non-hydrogen) atoms. The van der Waals surface area contributed by atoms with Crippen LogP contribution in [0.15, 0.2) is 30.5 Å². The fourth-order valence-electron chi connectivity index (χ4n) is 2.18. The number of thiazole rings is 1. The van der Waals surface area contributed by atoms with E-state index < -0.39 is 0 Å². The number of hydrogen-bond donors (Lipinski definition) is 0. The van der Waals surface area contributed by atoms with Gasteiger partial charge in [-0.15, -0.1) is 11.3 Å². The third-order valence-electron chi connectivity index (χ3n) is 3.11. The topological polar surface area (TPSA) is 41.1 Å². The lowest BCUT2D eigenvalue weighted by molar-refractivity contribution is 1.08. The average Bonchev–Trinajstić information content (AvgIpc) is 2.96. The van der Waals surface area contributed by atoms with E-state index >= 15 is 0 Å². The van der Waals surface area contributed by atoms with Crippen LogP contribution in [0.5, 0.6) is 0 Å². The SMILES string of the molecule is CCc1nc(-c2ccc(C#N)cc2)n2cc(C)sc12. The third-order valence-corrected chi connectivity index (χ3v) is 4.16. The molecule has 3 rings (SSSR count). The van der Waals surface area contributed by atoms with Crippen molar-refractivity contribution in [3.63, 3.8) is 0 Å². The zero-order valence-electron chi connectivity index (χ0n) is 10.8. The maximum atomic E-state index is 8.85. The van der Waals surface area contributed by atoms with Crippen LogP contribution >= 0.6 is 11.3 Å². The Labute approximate surface area is 115 Å². The first-order chi connectivity index (χ1) is 9.22. The van der Waals surface area contributed by atoms with Gasteiger partial charge in [0.1, 0.15) is 10.7 Å². The van der Waals surface area contributed by atoms with Crippen LogP contribution in [-0.4, -0.2) is 9.38 Å². The molecule has 1 aromatic carbocycles. The highest BCUT2D eigenvalue weighted by Crippen LogP contribution is 2.28. The van der Waals surface area contributed by atoms with Gasteiger partial charge in [0, 0.05) is 16.6 Å². The van der Waals surface area contributed by atoms with Crippen LogP contribution in [0.2, 0.25) is 0 Å². The van der Waals surface area contributed by atoms with Gasteiger partial charge in [0.05, 0.1) is 17.3 Å². The van der Waals surface area contributed by atoms with Gasteiger partial charge in [-0.05, 0) is 37.6 Å². The summed E-state index contributed by atoms with van der Waals surface area (Å²) in [5, 5.41) is 8.85. The average molecular weight is 267 g/mol. The molecule has 0 aliphatic heterocycles. The molecule has 3 nitrogen and oxygen atoms in total. The summed E-state index contributed by atoms with van der Waals surface area (Å²) in [7, 11) is 0. The number of rotatable bonds is 2. The second kappa shape index (κ2) is 4.52. The van der Waals surface area contributed by atoms with E-state index in [0.29, 0.717) is 5.56 Å². The first kappa shape index (κ1) is 11.9. The highest BCUT2D eigenvalue weighted by Gasteiger charge is 2.13. The maximum absolute atomic E-state index is 8.85. The van der Waals surface area contributed by atoms with Gasteiger partial charge < -0.3 is 0 Å². The summed E-state index contributed by atoms with van der Waals surface area (Å²) in [4.78, 5) is 7.23. The summed E-state index contributed by atoms with van der Waals surface area (Å²) >= 11 is 1.77. The zero-order chi connectivity index (χ0) is 13.4. The summed E-state index contributed by atoms with van der Waals surface area (Å²) in [5.74, 6) is 0.959. The lowest BCUT2D eigenvalue weighted by Crippen LogP contribution is -1.86. The lowest BCUT2D eigenvalue weighted by Gasteiger charge is -1.98. The minimum atomic E-state index is 0.675. The Morgan fingerprint density at radius 3 is 2.68 bits per heavy atom. The number of aryl methyl sites for hydroxylation is 2. The molecule has 0 amide bonds. The third kappa shape index (κ3) is 1.92. The number of imidazole rings is 1. The Morgan fingerprint density at radius 1 is 1.32 bits per heavy atom. The monoisotopic (exact) mass is 267 g/mol. The molecule has 0 bridgehead atoms. The number of hydrogen-bond acceptors (Lipinski definition) is 3. The first-order valence-corrected chi connectivity index (χ1v) is 7.02. The van der Waals surface area contributed by atoms with Gasteiger partial charge in [-0.3, -0.25) is 4.40 Å². The number of nitriles is 1. The molecule has 0 N–H and O–H groups in total. The van der Waals surface area contributed by atoms with Crippen molar-refractivity contribution in [3.8, 4) is 17.5 Å². The van der Waals surface area contributed by atoms with Crippen molar-refractivity contribution in [2.45, 2.75) is 20.3 Å². The number of fused-ring (bicyclic) bond motifs is 1. The second-order valence-corrected chi connectivity index (χ2v) is 5.68. The van der Waals surface area contributed by atoms with E-state index in [1.807, 2.05) is 24.3 Å². The van der Waals surface area contributed by atoms with Crippen LogP contribution in [0.25, 0.3) is 16.2 Å². The van der Waals surface area contributed by atoms with E-state index in [1.165, 1.54) is 9.71 Å². The largest absolute Gasteiger partial charge is 0.290 e. The van der Waals surface area contributed by atoms with Gasteiger partial charge in [-0.1, -0.05) is 6.92 Å². The predicted octanol–water partition coefficient (Wildman–Crippen LogP) is 3.81. The van der Waals surface area contributed by atoms with E-state index in [4.69, 9.17) is 10.2 Å². The van der Waals surface area contributed by atoms with Crippen molar-refractivity contribution < 1.29 is 0 Å². The molecule has 2 heterocycles. The van der Waals surface area contributed by atoms with Crippen molar-refractivity contribution in [1.29, 1.82) is 5.26 Å². The fourth-order valence-corrected chi connectivity index (χ4v) is 3.19. The second-order valence-electron chi connectivity index (χ2n) is 4.44. The Balaban J connectivity index is 2.21. The van der Waals surface area contributed by atoms with Gasteiger partial charge in [-0.2, -0.15) is 5.26 Å². The van der Waals surface area contributed by atoms with E-state index in [1.54, 1.807) is 11.3 Å². The Bertz CT molecular complexity index is 772.